The Morgan fingerprint density at radius 1 is 0.929 bits per heavy atom. The summed E-state index contributed by atoms with van der Waals surface area (Å²) in [5, 5.41) is 18.8. The minimum atomic E-state index is -0.459. The van der Waals surface area contributed by atoms with E-state index in [0.717, 1.165) is 37.1 Å². The van der Waals surface area contributed by atoms with Gasteiger partial charge in [-0.25, -0.2) is 4.79 Å². The largest absolute Gasteiger partial charge is 0.448 e. The summed E-state index contributed by atoms with van der Waals surface area (Å²) in [6.07, 6.45) is 1.34. The Hall–Kier alpha value is -4.21. The Labute approximate surface area is 245 Å². The van der Waals surface area contributed by atoms with Crippen molar-refractivity contribution in [3.8, 4) is 11.1 Å². The summed E-state index contributed by atoms with van der Waals surface area (Å²) in [7, 11) is -0.459. The minimum absolute atomic E-state index is 0.0224. The average Bonchev–Trinajstić information content (AvgIpc) is 3.59. The van der Waals surface area contributed by atoms with E-state index in [1.165, 1.54) is 27.8 Å². The number of likely N-dealkylation sites (tertiary alicyclic amines) is 1. The molecule has 0 saturated carbocycles. The summed E-state index contributed by atoms with van der Waals surface area (Å²) < 4.78 is 12.1. The molecule has 3 heterocycles. The van der Waals surface area contributed by atoms with Gasteiger partial charge in [-0.2, -0.15) is 0 Å². The molecule has 1 N–H and O–H groups in total. The molecule has 0 bridgehead atoms. The van der Waals surface area contributed by atoms with Gasteiger partial charge in [0.2, 0.25) is 11.8 Å². The third kappa shape index (κ3) is 4.93. The normalized spacial score (nSPS) is 17.0. The van der Waals surface area contributed by atoms with E-state index < -0.39 is 7.05 Å². The van der Waals surface area contributed by atoms with E-state index in [1.54, 1.807) is 4.90 Å². The second-order valence-corrected chi connectivity index (χ2v) is 11.4. The summed E-state index contributed by atoms with van der Waals surface area (Å²) in [6, 6.07) is 26.8. The average molecular weight is 560 g/mol. The van der Waals surface area contributed by atoms with E-state index in [0.29, 0.717) is 31.5 Å². The maximum absolute atomic E-state index is 13.0. The molecule has 9 heteroatoms. The third-order valence-corrected chi connectivity index (χ3v) is 8.83. The van der Waals surface area contributed by atoms with Crippen LogP contribution in [0.1, 0.15) is 53.1 Å². The molecule has 7 rings (SSSR count). The maximum atomic E-state index is 13.0. The number of hydrogen-bond acceptors (Lipinski definition) is 7. The van der Waals surface area contributed by atoms with Crippen molar-refractivity contribution in [3.05, 3.63) is 113 Å². The van der Waals surface area contributed by atoms with Crippen LogP contribution in [0.4, 0.5) is 4.79 Å². The first kappa shape index (κ1) is 26.7. The lowest BCUT2D eigenvalue weighted by Gasteiger charge is -2.36. The molecular formula is C33H33BN4O4. The third-order valence-electron chi connectivity index (χ3n) is 8.83. The molecule has 3 aliphatic rings. The van der Waals surface area contributed by atoms with Crippen LogP contribution in [0.2, 0.25) is 6.82 Å². The van der Waals surface area contributed by atoms with E-state index in [1.807, 2.05) is 49.3 Å². The van der Waals surface area contributed by atoms with Gasteiger partial charge in [0.25, 0.3) is 0 Å². The van der Waals surface area contributed by atoms with E-state index in [4.69, 9.17) is 9.15 Å². The Morgan fingerprint density at radius 2 is 1.55 bits per heavy atom. The molecule has 212 valence electrons. The smallest absolute Gasteiger partial charge is 0.409 e. The second-order valence-electron chi connectivity index (χ2n) is 11.4. The quantitative estimate of drug-likeness (QED) is 0.315. The van der Waals surface area contributed by atoms with Crippen LogP contribution < -0.4 is 0 Å². The van der Waals surface area contributed by atoms with Gasteiger partial charge in [-0.3, -0.25) is 0 Å². The van der Waals surface area contributed by atoms with Crippen molar-refractivity contribution >= 4 is 18.7 Å². The van der Waals surface area contributed by atoms with Crippen molar-refractivity contribution in [1.29, 1.82) is 0 Å². The first-order valence-electron chi connectivity index (χ1n) is 14.7. The zero-order valence-corrected chi connectivity index (χ0v) is 23.6. The van der Waals surface area contributed by atoms with E-state index in [9.17, 15) is 9.82 Å². The number of hydrogen-bond donors (Lipinski definition) is 1. The van der Waals surface area contributed by atoms with Crippen molar-refractivity contribution in [3.63, 3.8) is 0 Å². The number of ether oxygens (including phenoxy) is 1. The fraction of sp³-hybridized carbons (Fsp3) is 0.303. The number of amides is 1. The van der Waals surface area contributed by atoms with Crippen LogP contribution in [-0.4, -0.2) is 70.9 Å². The number of piperidine rings is 1. The molecule has 3 aromatic carbocycles. The number of rotatable bonds is 6. The van der Waals surface area contributed by atoms with Crippen LogP contribution in [0.5, 0.6) is 0 Å². The molecule has 1 aromatic heterocycles. The monoisotopic (exact) mass is 560 g/mol. The molecule has 4 aromatic rings. The number of benzene rings is 3. The van der Waals surface area contributed by atoms with Crippen molar-refractivity contribution in [2.45, 2.75) is 31.5 Å². The van der Waals surface area contributed by atoms with Gasteiger partial charge in [-0.05, 0) is 60.6 Å². The predicted octanol–water partition coefficient (Wildman–Crippen LogP) is 5.43. The lowest BCUT2D eigenvalue weighted by atomic mass is 9.81. The molecule has 0 atom stereocenters. The lowest BCUT2D eigenvalue weighted by molar-refractivity contribution is 0.0647. The fourth-order valence-electron chi connectivity index (χ4n) is 6.47. The standard InChI is InChI=1S/C33H33BN4O4/c1-34(40)38-17-15-23(16-18-38)30(22-9-3-2-4-10-22)32-36-35-31(42-32)24-19-37(20-24)33(39)41-21-29-27-13-7-5-11-25(27)26-12-6-8-14-28(26)29/h2-14,24,29,40H,15-21H2,1H3. The molecule has 2 fully saturated rings. The zero-order valence-electron chi connectivity index (χ0n) is 23.6. The van der Waals surface area contributed by atoms with E-state index >= 15 is 0 Å². The Kier molecular flexibility index (Phi) is 7.13. The highest BCUT2D eigenvalue weighted by Crippen LogP contribution is 2.44. The number of fused-ring (bicyclic) bond motifs is 3. The Bertz CT molecular complexity index is 1570. The van der Waals surface area contributed by atoms with Gasteiger partial charge in [0, 0.05) is 24.6 Å². The van der Waals surface area contributed by atoms with Crippen LogP contribution in [0, 0.1) is 0 Å². The van der Waals surface area contributed by atoms with Gasteiger partial charge >= 0.3 is 13.1 Å². The zero-order chi connectivity index (χ0) is 28.6. The van der Waals surface area contributed by atoms with Gasteiger partial charge in [0.05, 0.1) is 5.92 Å². The van der Waals surface area contributed by atoms with Crippen molar-refractivity contribution in [1.82, 2.24) is 19.9 Å². The van der Waals surface area contributed by atoms with Gasteiger partial charge < -0.3 is 23.9 Å². The van der Waals surface area contributed by atoms with Crippen LogP contribution in [0.3, 0.4) is 0 Å². The van der Waals surface area contributed by atoms with Crippen molar-refractivity contribution in [2.24, 2.45) is 0 Å². The first-order chi connectivity index (χ1) is 20.6. The van der Waals surface area contributed by atoms with Gasteiger partial charge in [0.15, 0.2) is 0 Å². The minimum Gasteiger partial charge on any atom is -0.448 e. The van der Waals surface area contributed by atoms with E-state index in [2.05, 4.69) is 51.4 Å². The number of nitrogens with zero attached hydrogens (tertiary/aromatic N) is 4. The maximum Gasteiger partial charge on any atom is 0.409 e. The highest BCUT2D eigenvalue weighted by Gasteiger charge is 2.38. The Balaban J connectivity index is 1.01. The van der Waals surface area contributed by atoms with Crippen molar-refractivity contribution < 1.29 is 19.0 Å². The molecule has 42 heavy (non-hydrogen) atoms. The van der Waals surface area contributed by atoms with Crippen LogP contribution in [0.15, 0.2) is 88.9 Å². The number of aromatic nitrogens is 2. The second kappa shape index (κ2) is 11.2. The SMILES string of the molecule is CB(O)N1CCC(=C(c2ccccc2)c2nnc(C3CN(C(=O)OCC4c5ccccc5-c5ccccc54)C3)o2)CC1. The Morgan fingerprint density at radius 3 is 2.19 bits per heavy atom. The molecule has 2 saturated heterocycles. The number of carbonyl (C=O) groups is 1. The van der Waals surface area contributed by atoms with Gasteiger partial charge in [-0.1, -0.05) is 84.4 Å². The molecule has 1 amide bonds. The fourth-order valence-corrected chi connectivity index (χ4v) is 6.47. The summed E-state index contributed by atoms with van der Waals surface area (Å²) in [6.45, 7) is 4.64. The molecular weight excluding hydrogens is 527 g/mol. The van der Waals surface area contributed by atoms with Gasteiger partial charge in [-0.15, -0.1) is 10.2 Å². The highest BCUT2D eigenvalue weighted by atomic mass is 16.6. The summed E-state index contributed by atoms with van der Waals surface area (Å²) in [5.74, 6) is 1.07. The van der Waals surface area contributed by atoms with E-state index in [-0.39, 0.29) is 17.9 Å². The lowest BCUT2D eigenvalue weighted by Crippen LogP contribution is -2.49. The topological polar surface area (TPSA) is 91.9 Å². The highest BCUT2D eigenvalue weighted by molar-refractivity contribution is 6.45. The molecule has 2 aliphatic heterocycles. The molecule has 0 spiro atoms. The first-order valence-corrected chi connectivity index (χ1v) is 14.7. The summed E-state index contributed by atoms with van der Waals surface area (Å²) in [5.41, 5.74) is 8.10. The van der Waals surface area contributed by atoms with Crippen LogP contribution >= 0.6 is 0 Å². The van der Waals surface area contributed by atoms with Crippen LogP contribution in [0.25, 0.3) is 16.7 Å². The predicted molar refractivity (Wildman–Crippen MR) is 161 cm³/mol. The molecule has 0 radical (unpaired) electrons. The van der Waals surface area contributed by atoms with Crippen molar-refractivity contribution in [2.75, 3.05) is 32.8 Å². The summed E-state index contributed by atoms with van der Waals surface area (Å²) >= 11 is 0. The van der Waals surface area contributed by atoms with Gasteiger partial charge in [0.1, 0.15) is 6.61 Å². The van der Waals surface area contributed by atoms with Crippen LogP contribution in [-0.2, 0) is 4.74 Å². The number of carbonyl (C=O) groups excluding carboxylic acids is 1. The summed E-state index contributed by atoms with van der Waals surface area (Å²) in [4.78, 5) is 16.7. The molecule has 0 unspecified atom stereocenters. The molecule has 1 aliphatic carbocycles. The molecule has 8 nitrogen and oxygen atoms in total.